The van der Waals surface area contributed by atoms with Crippen molar-refractivity contribution in [2.45, 2.75) is 83.3 Å². The lowest BCUT2D eigenvalue weighted by molar-refractivity contribution is -0.132. The molecule has 0 aliphatic heterocycles. The van der Waals surface area contributed by atoms with E-state index in [9.17, 15) is 29.1 Å². The number of benzene rings is 1. The van der Waals surface area contributed by atoms with E-state index in [1.54, 1.807) is 13.8 Å². The third kappa shape index (κ3) is 11.4. The quantitative estimate of drug-likeness (QED) is 0.124. The number of hydrogen-bond acceptors (Lipinski definition) is 8. The number of hydrogen-bond donors (Lipinski definition) is 7. The van der Waals surface area contributed by atoms with Crippen LogP contribution in [-0.4, -0.2) is 83.0 Å². The van der Waals surface area contributed by atoms with E-state index in [4.69, 9.17) is 10.8 Å². The molecule has 6 atom stereocenters. The minimum absolute atomic E-state index is 0.0300. The Morgan fingerprint density at radius 3 is 1.97 bits per heavy atom. The molecular formula is C26H41N5O7. The average molecular weight is 536 g/mol. The van der Waals surface area contributed by atoms with E-state index < -0.39 is 66.5 Å². The summed E-state index contributed by atoms with van der Waals surface area (Å²) >= 11 is 0. The Balaban J connectivity index is 2.81. The SMILES string of the molecule is CC(NC(=O)C(C)NC(=O)[C@H](N)CO)C(=O)NC(Cc1ccccc1)C(O)CCC(=O)NC(C=O)C(C)C. The molecule has 1 aromatic carbocycles. The van der Waals surface area contributed by atoms with Crippen LogP contribution >= 0.6 is 0 Å². The molecule has 0 saturated carbocycles. The van der Waals surface area contributed by atoms with E-state index in [0.717, 1.165) is 5.56 Å². The minimum atomic E-state index is -1.18. The lowest BCUT2D eigenvalue weighted by atomic mass is 9.97. The maximum atomic E-state index is 12.9. The van der Waals surface area contributed by atoms with Gasteiger partial charge in [-0.25, -0.2) is 0 Å². The third-order valence-electron chi connectivity index (χ3n) is 5.99. The van der Waals surface area contributed by atoms with Gasteiger partial charge in [0.2, 0.25) is 23.6 Å². The smallest absolute Gasteiger partial charge is 0.242 e. The normalized spacial score (nSPS) is 15.8. The molecule has 0 aliphatic rings. The van der Waals surface area contributed by atoms with Crippen molar-refractivity contribution >= 4 is 29.9 Å². The fraction of sp³-hybridized carbons (Fsp3) is 0.577. The molecular weight excluding hydrogens is 494 g/mol. The number of nitrogens with one attached hydrogen (secondary N) is 4. The monoisotopic (exact) mass is 535 g/mol. The number of aliphatic hydroxyl groups excluding tert-OH is 2. The highest BCUT2D eigenvalue weighted by atomic mass is 16.3. The van der Waals surface area contributed by atoms with E-state index in [1.807, 2.05) is 30.3 Å². The molecule has 4 amide bonds. The van der Waals surface area contributed by atoms with Crippen LogP contribution in [0.1, 0.15) is 46.1 Å². The van der Waals surface area contributed by atoms with Gasteiger partial charge in [0.15, 0.2) is 0 Å². The van der Waals surface area contributed by atoms with Crippen molar-refractivity contribution in [1.82, 2.24) is 21.3 Å². The van der Waals surface area contributed by atoms with Crippen LogP contribution in [0.2, 0.25) is 0 Å². The van der Waals surface area contributed by atoms with Gasteiger partial charge in [-0.15, -0.1) is 0 Å². The molecule has 0 fully saturated rings. The van der Waals surface area contributed by atoms with Crippen LogP contribution in [-0.2, 0) is 30.4 Å². The summed E-state index contributed by atoms with van der Waals surface area (Å²) in [6, 6.07) is 4.54. The van der Waals surface area contributed by atoms with E-state index in [2.05, 4.69) is 21.3 Å². The Morgan fingerprint density at radius 2 is 1.45 bits per heavy atom. The predicted molar refractivity (Wildman–Crippen MR) is 140 cm³/mol. The first-order chi connectivity index (χ1) is 17.9. The van der Waals surface area contributed by atoms with Crippen LogP contribution in [0.15, 0.2) is 30.3 Å². The van der Waals surface area contributed by atoms with Gasteiger partial charge in [0, 0.05) is 6.42 Å². The zero-order valence-electron chi connectivity index (χ0n) is 22.3. The Kier molecular flexibility index (Phi) is 14.2. The van der Waals surface area contributed by atoms with Crippen molar-refractivity contribution in [2.24, 2.45) is 11.7 Å². The number of aldehydes is 1. The van der Waals surface area contributed by atoms with Crippen LogP contribution in [0.3, 0.4) is 0 Å². The molecule has 0 aliphatic carbocycles. The Hall–Kier alpha value is -3.35. The summed E-state index contributed by atoms with van der Waals surface area (Å²) < 4.78 is 0. The average Bonchev–Trinajstić information content (AvgIpc) is 2.89. The maximum Gasteiger partial charge on any atom is 0.242 e. The summed E-state index contributed by atoms with van der Waals surface area (Å²) in [5.41, 5.74) is 6.27. The second-order valence-corrected chi connectivity index (χ2v) is 9.63. The Morgan fingerprint density at radius 1 is 0.895 bits per heavy atom. The highest BCUT2D eigenvalue weighted by molar-refractivity contribution is 5.92. The van der Waals surface area contributed by atoms with Crippen molar-refractivity contribution in [2.75, 3.05) is 6.61 Å². The second kappa shape index (κ2) is 16.5. The molecule has 8 N–H and O–H groups in total. The summed E-state index contributed by atoms with van der Waals surface area (Å²) in [6.45, 7) is 5.88. The fourth-order valence-corrected chi connectivity index (χ4v) is 3.43. The molecule has 12 nitrogen and oxygen atoms in total. The zero-order valence-corrected chi connectivity index (χ0v) is 22.3. The van der Waals surface area contributed by atoms with Crippen molar-refractivity contribution in [1.29, 1.82) is 0 Å². The lowest BCUT2D eigenvalue weighted by Gasteiger charge is -2.27. The topological polar surface area (TPSA) is 200 Å². The van der Waals surface area contributed by atoms with Crippen molar-refractivity contribution < 1.29 is 34.2 Å². The number of carbonyl (C=O) groups is 5. The standard InChI is InChI=1S/C26H41N5O7/c1-15(2)21(14-33)30-23(35)11-10-22(34)20(12-18-8-6-5-7-9-18)31-25(37)17(4)28-24(36)16(3)29-26(38)19(27)13-32/h5-9,14-17,19-22,32,34H,10-13,27H2,1-4H3,(H,28,36)(H,29,38)(H,30,35)(H,31,37)/t16?,17?,19-,20?,21?,22?/m1/s1. The zero-order chi connectivity index (χ0) is 28.8. The van der Waals surface area contributed by atoms with Crippen LogP contribution in [0.25, 0.3) is 0 Å². The molecule has 212 valence electrons. The number of rotatable bonds is 16. The lowest BCUT2D eigenvalue weighted by Crippen LogP contribution is -2.56. The summed E-state index contributed by atoms with van der Waals surface area (Å²) in [6.07, 6.45) is -0.189. The molecule has 5 unspecified atom stereocenters. The van der Waals surface area contributed by atoms with Gasteiger partial charge in [-0.05, 0) is 38.2 Å². The second-order valence-electron chi connectivity index (χ2n) is 9.63. The van der Waals surface area contributed by atoms with E-state index in [-0.39, 0.29) is 25.2 Å². The first kappa shape index (κ1) is 32.7. The van der Waals surface area contributed by atoms with Crippen molar-refractivity contribution in [3.8, 4) is 0 Å². The van der Waals surface area contributed by atoms with Gasteiger partial charge in [-0.2, -0.15) is 0 Å². The minimum Gasteiger partial charge on any atom is -0.394 e. The maximum absolute atomic E-state index is 12.9. The van der Waals surface area contributed by atoms with Gasteiger partial charge in [-0.1, -0.05) is 44.2 Å². The fourth-order valence-electron chi connectivity index (χ4n) is 3.43. The number of amides is 4. The number of carbonyl (C=O) groups excluding carboxylic acids is 5. The summed E-state index contributed by atoms with van der Waals surface area (Å²) in [4.78, 5) is 60.5. The summed E-state index contributed by atoms with van der Waals surface area (Å²) in [7, 11) is 0. The van der Waals surface area contributed by atoms with E-state index in [0.29, 0.717) is 6.29 Å². The molecule has 0 saturated heterocycles. The van der Waals surface area contributed by atoms with E-state index >= 15 is 0 Å². The predicted octanol–water partition coefficient (Wildman–Crippen LogP) is -1.48. The van der Waals surface area contributed by atoms with Crippen LogP contribution in [0.4, 0.5) is 0 Å². The van der Waals surface area contributed by atoms with Crippen LogP contribution < -0.4 is 27.0 Å². The van der Waals surface area contributed by atoms with Gasteiger partial charge < -0.3 is 42.0 Å². The van der Waals surface area contributed by atoms with Crippen molar-refractivity contribution in [3.05, 3.63) is 35.9 Å². The largest absolute Gasteiger partial charge is 0.394 e. The van der Waals surface area contributed by atoms with Crippen LogP contribution in [0.5, 0.6) is 0 Å². The molecule has 0 spiro atoms. The molecule has 0 heterocycles. The highest BCUT2D eigenvalue weighted by Gasteiger charge is 2.27. The van der Waals surface area contributed by atoms with Gasteiger partial charge in [0.1, 0.15) is 24.4 Å². The molecule has 0 aromatic heterocycles. The Bertz CT molecular complexity index is 928. The highest BCUT2D eigenvalue weighted by Crippen LogP contribution is 2.11. The van der Waals surface area contributed by atoms with Gasteiger partial charge in [0.25, 0.3) is 0 Å². The summed E-state index contributed by atoms with van der Waals surface area (Å²) in [5, 5.41) is 30.0. The molecule has 38 heavy (non-hydrogen) atoms. The molecule has 1 aromatic rings. The summed E-state index contributed by atoms with van der Waals surface area (Å²) in [5.74, 6) is -2.40. The number of aliphatic hydroxyl groups is 2. The van der Waals surface area contributed by atoms with Gasteiger partial charge >= 0.3 is 0 Å². The van der Waals surface area contributed by atoms with E-state index in [1.165, 1.54) is 13.8 Å². The molecule has 0 bridgehead atoms. The van der Waals surface area contributed by atoms with Crippen molar-refractivity contribution in [3.63, 3.8) is 0 Å². The number of nitrogens with two attached hydrogens (primary N) is 1. The third-order valence-corrected chi connectivity index (χ3v) is 5.99. The first-order valence-electron chi connectivity index (χ1n) is 12.6. The first-order valence-corrected chi connectivity index (χ1v) is 12.6. The molecule has 1 rings (SSSR count). The van der Waals surface area contributed by atoms with Crippen LogP contribution in [0, 0.1) is 5.92 Å². The van der Waals surface area contributed by atoms with Gasteiger partial charge in [0.05, 0.1) is 24.8 Å². The molecule has 12 heteroatoms. The van der Waals surface area contributed by atoms with Gasteiger partial charge in [-0.3, -0.25) is 19.2 Å². The Labute approximate surface area is 223 Å². The molecule has 0 radical (unpaired) electrons.